The zero-order valence-corrected chi connectivity index (χ0v) is 11.3. The van der Waals surface area contributed by atoms with Crippen LogP contribution in [0, 0.1) is 5.92 Å². The van der Waals surface area contributed by atoms with Crippen LogP contribution in [-0.4, -0.2) is 0 Å². The average Bonchev–Trinajstić information content (AvgIpc) is 2.26. The molecule has 90 valence electrons. The van der Waals surface area contributed by atoms with E-state index < -0.39 is 0 Å². The summed E-state index contributed by atoms with van der Waals surface area (Å²) in [7, 11) is 0. The van der Waals surface area contributed by atoms with Crippen molar-refractivity contribution in [2.24, 2.45) is 5.92 Å². The van der Waals surface area contributed by atoms with E-state index in [4.69, 9.17) is 0 Å². The number of hydrogen-bond acceptors (Lipinski definition) is 0. The Kier molecular flexibility index (Phi) is 3.24. The predicted molar refractivity (Wildman–Crippen MR) is 76.4 cm³/mol. The lowest BCUT2D eigenvalue weighted by Crippen LogP contribution is -2.20. The van der Waals surface area contributed by atoms with Crippen LogP contribution in [0.15, 0.2) is 42.5 Å². The Morgan fingerprint density at radius 3 is 2.29 bits per heavy atom. The van der Waals surface area contributed by atoms with Gasteiger partial charge in [0, 0.05) is 0 Å². The molecule has 0 saturated heterocycles. The Morgan fingerprint density at radius 1 is 0.941 bits per heavy atom. The summed E-state index contributed by atoms with van der Waals surface area (Å²) in [5.41, 5.74) is 1.72. The van der Waals surface area contributed by atoms with Gasteiger partial charge in [-0.15, -0.1) is 0 Å². The summed E-state index contributed by atoms with van der Waals surface area (Å²) in [5.74, 6) is 0.726. The molecule has 0 aliphatic rings. The minimum Gasteiger partial charge on any atom is -0.0627 e. The first-order chi connectivity index (χ1) is 8.00. The predicted octanol–water partition coefficient (Wildman–Crippen LogP) is 5.16. The first-order valence-corrected chi connectivity index (χ1v) is 6.49. The summed E-state index contributed by atoms with van der Waals surface area (Å²) in [5, 5.41) is 2.75. The maximum Gasteiger partial charge on any atom is -0.00950 e. The number of rotatable bonds is 3. The Labute approximate surface area is 105 Å². The maximum absolute atomic E-state index is 2.36. The molecule has 0 nitrogen and oxygen atoms in total. The highest BCUT2D eigenvalue weighted by Crippen LogP contribution is 2.34. The highest BCUT2D eigenvalue weighted by Gasteiger charge is 2.23. The topological polar surface area (TPSA) is 0 Å². The summed E-state index contributed by atoms with van der Waals surface area (Å²) < 4.78 is 0. The second-order valence-corrected chi connectivity index (χ2v) is 6.01. The monoisotopic (exact) mass is 226 g/mol. The van der Waals surface area contributed by atoms with Crippen LogP contribution in [0.2, 0.25) is 0 Å². The van der Waals surface area contributed by atoms with Crippen LogP contribution in [0.3, 0.4) is 0 Å². The third-order valence-corrected chi connectivity index (χ3v) is 3.44. The SMILES string of the molecule is CC(C)CC(C)(C)c1cccc2ccccc12. The van der Waals surface area contributed by atoms with Crippen LogP contribution in [0.1, 0.15) is 39.7 Å². The fourth-order valence-corrected chi connectivity index (χ4v) is 2.95. The quantitative estimate of drug-likeness (QED) is 0.678. The molecule has 0 saturated carbocycles. The maximum atomic E-state index is 2.36. The van der Waals surface area contributed by atoms with E-state index in [1.807, 2.05) is 0 Å². The highest BCUT2D eigenvalue weighted by molar-refractivity contribution is 5.86. The van der Waals surface area contributed by atoms with Gasteiger partial charge in [0.25, 0.3) is 0 Å². The van der Waals surface area contributed by atoms with Gasteiger partial charge >= 0.3 is 0 Å². The van der Waals surface area contributed by atoms with Crippen molar-refractivity contribution in [2.45, 2.75) is 39.5 Å². The molecule has 0 spiro atoms. The summed E-state index contributed by atoms with van der Waals surface area (Å²) in [6.45, 7) is 9.31. The molecule has 0 fully saturated rings. The third-order valence-electron chi connectivity index (χ3n) is 3.44. The fraction of sp³-hybridized carbons (Fsp3) is 0.412. The molecule has 0 radical (unpaired) electrons. The average molecular weight is 226 g/mol. The van der Waals surface area contributed by atoms with Gasteiger partial charge in [-0.1, -0.05) is 70.2 Å². The van der Waals surface area contributed by atoms with Crippen LogP contribution >= 0.6 is 0 Å². The van der Waals surface area contributed by atoms with Gasteiger partial charge in [-0.2, -0.15) is 0 Å². The summed E-state index contributed by atoms with van der Waals surface area (Å²) in [6.07, 6.45) is 1.22. The second kappa shape index (κ2) is 4.52. The highest BCUT2D eigenvalue weighted by atomic mass is 14.3. The molecule has 0 aliphatic carbocycles. The van der Waals surface area contributed by atoms with Crippen molar-refractivity contribution >= 4 is 10.8 Å². The molecule has 2 aromatic rings. The Morgan fingerprint density at radius 2 is 1.59 bits per heavy atom. The molecule has 0 unspecified atom stereocenters. The van der Waals surface area contributed by atoms with E-state index in [9.17, 15) is 0 Å². The van der Waals surface area contributed by atoms with Crippen LogP contribution < -0.4 is 0 Å². The second-order valence-electron chi connectivity index (χ2n) is 6.01. The Bertz CT molecular complexity index is 501. The molecule has 0 bridgehead atoms. The summed E-state index contributed by atoms with van der Waals surface area (Å²) in [4.78, 5) is 0. The smallest absolute Gasteiger partial charge is 0.00950 e. The lowest BCUT2D eigenvalue weighted by molar-refractivity contribution is 0.402. The zero-order valence-electron chi connectivity index (χ0n) is 11.3. The van der Waals surface area contributed by atoms with Crippen LogP contribution in [0.25, 0.3) is 10.8 Å². The molecule has 0 aromatic heterocycles. The van der Waals surface area contributed by atoms with E-state index in [0.29, 0.717) is 0 Å². The van der Waals surface area contributed by atoms with Crippen molar-refractivity contribution < 1.29 is 0 Å². The van der Waals surface area contributed by atoms with E-state index in [-0.39, 0.29) is 5.41 Å². The van der Waals surface area contributed by atoms with E-state index in [0.717, 1.165) is 5.92 Å². The molecule has 0 heterocycles. The molecule has 17 heavy (non-hydrogen) atoms. The van der Waals surface area contributed by atoms with Gasteiger partial charge < -0.3 is 0 Å². The zero-order chi connectivity index (χ0) is 12.5. The standard InChI is InChI=1S/C17H22/c1-13(2)12-17(3,4)16-11-7-9-14-8-5-6-10-15(14)16/h5-11,13H,12H2,1-4H3. The fourth-order valence-electron chi connectivity index (χ4n) is 2.95. The van der Waals surface area contributed by atoms with E-state index in [1.165, 1.54) is 22.8 Å². The van der Waals surface area contributed by atoms with Crippen molar-refractivity contribution in [3.05, 3.63) is 48.0 Å². The van der Waals surface area contributed by atoms with Crippen LogP contribution in [0.4, 0.5) is 0 Å². The van der Waals surface area contributed by atoms with Crippen molar-refractivity contribution in [2.75, 3.05) is 0 Å². The van der Waals surface area contributed by atoms with Crippen molar-refractivity contribution in [1.82, 2.24) is 0 Å². The number of benzene rings is 2. The molecule has 0 heteroatoms. The first kappa shape index (κ1) is 12.2. The molecular weight excluding hydrogens is 204 g/mol. The minimum absolute atomic E-state index is 0.245. The largest absolute Gasteiger partial charge is 0.0627 e. The third kappa shape index (κ3) is 2.52. The molecule has 2 aromatic carbocycles. The molecule has 0 atom stereocenters. The molecule has 2 rings (SSSR count). The molecule has 0 amide bonds. The van der Waals surface area contributed by atoms with Gasteiger partial charge in [-0.05, 0) is 34.1 Å². The van der Waals surface area contributed by atoms with Gasteiger partial charge in [0.05, 0.1) is 0 Å². The van der Waals surface area contributed by atoms with E-state index in [1.54, 1.807) is 0 Å². The summed E-state index contributed by atoms with van der Waals surface area (Å²) >= 11 is 0. The van der Waals surface area contributed by atoms with Gasteiger partial charge in [0.2, 0.25) is 0 Å². The van der Waals surface area contributed by atoms with Crippen LogP contribution in [0.5, 0.6) is 0 Å². The first-order valence-electron chi connectivity index (χ1n) is 6.49. The van der Waals surface area contributed by atoms with Gasteiger partial charge in [0.15, 0.2) is 0 Å². The Balaban J connectivity index is 2.55. The normalized spacial score (nSPS) is 12.3. The Hall–Kier alpha value is -1.30. The lowest BCUT2D eigenvalue weighted by atomic mass is 9.76. The lowest BCUT2D eigenvalue weighted by Gasteiger charge is -2.28. The molecule has 0 N–H and O–H groups in total. The van der Waals surface area contributed by atoms with E-state index in [2.05, 4.69) is 70.2 Å². The number of hydrogen-bond donors (Lipinski definition) is 0. The van der Waals surface area contributed by atoms with E-state index >= 15 is 0 Å². The van der Waals surface area contributed by atoms with Crippen molar-refractivity contribution in [3.63, 3.8) is 0 Å². The van der Waals surface area contributed by atoms with Crippen molar-refractivity contribution in [1.29, 1.82) is 0 Å². The molecular formula is C17H22. The number of fused-ring (bicyclic) bond motifs is 1. The van der Waals surface area contributed by atoms with Gasteiger partial charge in [-0.25, -0.2) is 0 Å². The van der Waals surface area contributed by atoms with Crippen molar-refractivity contribution in [3.8, 4) is 0 Å². The van der Waals surface area contributed by atoms with Crippen LogP contribution in [-0.2, 0) is 5.41 Å². The van der Waals surface area contributed by atoms with Gasteiger partial charge in [-0.3, -0.25) is 0 Å². The van der Waals surface area contributed by atoms with Gasteiger partial charge in [0.1, 0.15) is 0 Å². The summed E-state index contributed by atoms with van der Waals surface area (Å²) in [6, 6.07) is 15.4. The minimum atomic E-state index is 0.245. The molecule has 0 aliphatic heterocycles.